The molecule has 0 spiro atoms. The molecule has 2 unspecified atom stereocenters. The number of benzene rings is 8. The van der Waals surface area contributed by atoms with Gasteiger partial charge in [-0.15, -0.1) is 0 Å². The lowest BCUT2D eigenvalue weighted by atomic mass is 9.83. The Bertz CT molecular complexity index is 2970. The number of nitrogens with zero attached hydrogens (tertiary/aromatic N) is 1. The molecule has 1 aromatic heterocycles. The molecule has 3 nitrogen and oxygen atoms in total. The van der Waals surface area contributed by atoms with Crippen molar-refractivity contribution in [2.75, 3.05) is 0 Å². The molecule has 1 heterocycles. The third-order valence-corrected chi connectivity index (χ3v) is 12.1. The van der Waals surface area contributed by atoms with Crippen molar-refractivity contribution in [2.45, 2.75) is 24.0 Å². The molecule has 0 amide bonds. The van der Waals surface area contributed by atoms with E-state index in [2.05, 4.69) is 157 Å². The number of fused-ring (bicyclic) bond motifs is 11. The molecule has 8 aromatic carbocycles. The average Bonchev–Trinajstić information content (AvgIpc) is 3.70. The van der Waals surface area contributed by atoms with Crippen LogP contribution in [0.5, 0.6) is 0 Å². The molecule has 0 aliphatic heterocycles. The first-order valence-corrected chi connectivity index (χ1v) is 18.1. The number of aromatic nitrogens is 1. The van der Waals surface area contributed by atoms with Crippen molar-refractivity contribution in [3.8, 4) is 22.3 Å². The number of hydrogen-bond acceptors (Lipinski definition) is 2. The maximum Gasteiger partial charge on any atom is 0.120 e. The topological polar surface area (TPSA) is 45.4 Å². The van der Waals surface area contributed by atoms with E-state index >= 15 is 0 Å². The van der Waals surface area contributed by atoms with Crippen molar-refractivity contribution in [3.05, 3.63) is 191 Å². The predicted octanol–water partition coefficient (Wildman–Crippen LogP) is 10.6. The van der Waals surface area contributed by atoms with Crippen LogP contribution >= 0.6 is 0 Å². The fourth-order valence-corrected chi connectivity index (χ4v) is 9.65. The first kappa shape index (κ1) is 29.7. The van der Waals surface area contributed by atoms with Gasteiger partial charge in [0.05, 0.1) is 0 Å². The molecule has 2 aliphatic rings. The minimum atomic E-state index is -1.20. The first-order valence-electron chi connectivity index (χ1n) is 18.1. The number of hydrogen-bond donors (Lipinski definition) is 2. The van der Waals surface area contributed by atoms with Crippen LogP contribution in [0, 0.1) is 0 Å². The second kappa shape index (κ2) is 10.5. The normalized spacial score (nSPS) is 18.6. The molecule has 52 heavy (non-hydrogen) atoms. The van der Waals surface area contributed by atoms with Crippen molar-refractivity contribution >= 4 is 43.4 Å². The van der Waals surface area contributed by atoms with E-state index in [0.717, 1.165) is 88.2 Å². The van der Waals surface area contributed by atoms with Crippen molar-refractivity contribution in [2.24, 2.45) is 7.05 Å². The Morgan fingerprint density at radius 1 is 0.442 bits per heavy atom. The Morgan fingerprint density at radius 2 is 0.962 bits per heavy atom. The fraction of sp³-hybridized carbons (Fsp3) is 0.102. The maximum absolute atomic E-state index is 12.9. The van der Waals surface area contributed by atoms with Crippen LogP contribution < -0.4 is 0 Å². The van der Waals surface area contributed by atoms with E-state index in [-0.39, 0.29) is 0 Å². The van der Waals surface area contributed by atoms with Crippen LogP contribution in [0.25, 0.3) is 65.6 Å². The monoisotopic (exact) mass is 669 g/mol. The van der Waals surface area contributed by atoms with E-state index in [1.807, 2.05) is 12.1 Å². The van der Waals surface area contributed by atoms with Crippen LogP contribution in [0.1, 0.15) is 33.4 Å². The summed E-state index contributed by atoms with van der Waals surface area (Å²) in [5.74, 6) is 0. The molecule has 0 saturated carbocycles. The van der Waals surface area contributed by atoms with Crippen LogP contribution in [0.2, 0.25) is 0 Å². The minimum Gasteiger partial charge on any atom is -0.380 e. The molecule has 0 fully saturated rings. The molecule has 11 rings (SSSR count). The summed E-state index contributed by atoms with van der Waals surface area (Å²) in [5.41, 5.74) is 10.2. The molecule has 0 saturated heterocycles. The highest BCUT2D eigenvalue weighted by Crippen LogP contribution is 2.52. The molecular weight excluding hydrogens is 635 g/mol. The molecule has 9 aromatic rings. The summed E-state index contributed by atoms with van der Waals surface area (Å²) in [4.78, 5) is 0. The lowest BCUT2D eigenvalue weighted by Gasteiger charge is -2.27. The largest absolute Gasteiger partial charge is 0.380 e. The smallest absolute Gasteiger partial charge is 0.120 e. The average molecular weight is 670 g/mol. The lowest BCUT2D eigenvalue weighted by Crippen LogP contribution is -2.27. The van der Waals surface area contributed by atoms with Crippen LogP contribution in [-0.4, -0.2) is 14.8 Å². The summed E-state index contributed by atoms with van der Waals surface area (Å²) >= 11 is 0. The van der Waals surface area contributed by atoms with Crippen LogP contribution in [0.15, 0.2) is 158 Å². The summed E-state index contributed by atoms with van der Waals surface area (Å²) in [6.45, 7) is 0. The number of aryl methyl sites for hydroxylation is 1. The SMILES string of the molecule is Cn1c2ccc(CC3(O)c4ccccc4-c4cc5ccccc5cc43)cc2c2c(CC3(O)c4ccccc4-c4cc5ccccc5cc43)cccc21. The van der Waals surface area contributed by atoms with Gasteiger partial charge in [-0.05, 0) is 120 Å². The van der Waals surface area contributed by atoms with E-state index in [0.29, 0.717) is 12.8 Å². The van der Waals surface area contributed by atoms with Crippen LogP contribution in [-0.2, 0) is 31.1 Å². The van der Waals surface area contributed by atoms with Gasteiger partial charge in [0.2, 0.25) is 0 Å². The Balaban J connectivity index is 1.07. The molecule has 2 aliphatic carbocycles. The van der Waals surface area contributed by atoms with Gasteiger partial charge in [-0.3, -0.25) is 0 Å². The standard InChI is InChI=1S/C49H35NO2/c1-50-45-22-21-30(28-48(51)41-18-8-6-16-36(41)38-24-31-11-2-4-13-33(31)26-43(38)48)23-40(45)47-35(15-10-20-46(47)50)29-49(52)42-19-9-7-17-37(42)39-25-32-12-3-5-14-34(32)27-44(39)49/h2-27,51-52H,28-29H2,1H3. The number of rotatable bonds is 4. The maximum atomic E-state index is 12.9. The molecule has 2 N–H and O–H groups in total. The number of aliphatic hydroxyl groups is 2. The highest BCUT2D eigenvalue weighted by molar-refractivity contribution is 6.10. The quantitative estimate of drug-likeness (QED) is 0.196. The lowest BCUT2D eigenvalue weighted by molar-refractivity contribution is 0.0860. The zero-order chi connectivity index (χ0) is 34.8. The van der Waals surface area contributed by atoms with Gasteiger partial charge in [0.25, 0.3) is 0 Å². The highest BCUT2D eigenvalue weighted by Gasteiger charge is 2.43. The molecule has 3 heteroatoms. The van der Waals surface area contributed by atoms with E-state index in [9.17, 15) is 10.2 Å². The van der Waals surface area contributed by atoms with Gasteiger partial charge < -0.3 is 14.8 Å². The summed E-state index contributed by atoms with van der Waals surface area (Å²) in [5, 5.41) is 32.6. The van der Waals surface area contributed by atoms with Crippen LogP contribution in [0.4, 0.5) is 0 Å². The first-order chi connectivity index (χ1) is 25.4. The van der Waals surface area contributed by atoms with E-state index in [1.54, 1.807) is 0 Å². The predicted molar refractivity (Wildman–Crippen MR) is 213 cm³/mol. The Morgan fingerprint density at radius 3 is 1.56 bits per heavy atom. The van der Waals surface area contributed by atoms with Gasteiger partial charge >= 0.3 is 0 Å². The van der Waals surface area contributed by atoms with Gasteiger partial charge in [-0.1, -0.05) is 115 Å². The molecule has 0 radical (unpaired) electrons. The zero-order valence-electron chi connectivity index (χ0n) is 28.8. The van der Waals surface area contributed by atoms with Crippen molar-refractivity contribution in [1.29, 1.82) is 0 Å². The van der Waals surface area contributed by atoms with Crippen LogP contribution in [0.3, 0.4) is 0 Å². The van der Waals surface area contributed by atoms with E-state index < -0.39 is 11.2 Å². The summed E-state index contributed by atoms with van der Waals surface area (Å²) in [7, 11) is 2.12. The van der Waals surface area contributed by atoms with Crippen molar-refractivity contribution in [1.82, 2.24) is 4.57 Å². The second-order valence-corrected chi connectivity index (χ2v) is 14.9. The van der Waals surface area contributed by atoms with Gasteiger partial charge in [-0.25, -0.2) is 0 Å². The summed E-state index contributed by atoms with van der Waals surface area (Å²) in [6.07, 6.45) is 0.884. The molecule has 248 valence electrons. The summed E-state index contributed by atoms with van der Waals surface area (Å²) in [6, 6.07) is 55.4. The molecular formula is C49H35NO2. The van der Waals surface area contributed by atoms with Crippen molar-refractivity contribution < 1.29 is 10.2 Å². The molecule has 2 atom stereocenters. The van der Waals surface area contributed by atoms with Gasteiger partial charge in [0, 0.05) is 41.7 Å². The minimum absolute atomic E-state index is 0.438. The Labute approximate surface area is 301 Å². The molecule has 0 bridgehead atoms. The van der Waals surface area contributed by atoms with Gasteiger partial charge in [-0.2, -0.15) is 0 Å². The van der Waals surface area contributed by atoms with E-state index in [4.69, 9.17) is 0 Å². The van der Waals surface area contributed by atoms with Gasteiger partial charge in [0.15, 0.2) is 0 Å². The Kier molecular flexibility index (Phi) is 6.01. The third-order valence-electron chi connectivity index (χ3n) is 12.1. The van der Waals surface area contributed by atoms with E-state index in [1.165, 1.54) is 10.8 Å². The summed E-state index contributed by atoms with van der Waals surface area (Å²) < 4.78 is 2.26. The second-order valence-electron chi connectivity index (χ2n) is 14.9. The van der Waals surface area contributed by atoms with Gasteiger partial charge in [0.1, 0.15) is 11.2 Å². The third kappa shape index (κ3) is 3.98. The highest BCUT2D eigenvalue weighted by atomic mass is 16.3. The Hall–Kier alpha value is -6.00. The fourth-order valence-electron chi connectivity index (χ4n) is 9.65. The zero-order valence-corrected chi connectivity index (χ0v) is 28.8. The van der Waals surface area contributed by atoms with Crippen molar-refractivity contribution in [3.63, 3.8) is 0 Å².